The van der Waals surface area contributed by atoms with Gasteiger partial charge in [0.1, 0.15) is 0 Å². The van der Waals surface area contributed by atoms with Gasteiger partial charge in [0, 0.05) is 0 Å². The average molecular weight is 1230 g/mol. The van der Waals surface area contributed by atoms with Crippen LogP contribution in [-0.4, -0.2) is 68.6 Å². The summed E-state index contributed by atoms with van der Waals surface area (Å²) < 4.78 is -17.5. The van der Waals surface area contributed by atoms with Crippen molar-refractivity contribution in [3.63, 3.8) is 0 Å². The Kier molecular flexibility index (Phi) is 21.1. The molecule has 0 amide bonds. The lowest BCUT2D eigenvalue weighted by Gasteiger charge is -2.57. The molecule has 0 aliphatic carbocycles. The molecule has 0 spiro atoms. The number of hydrogen-bond acceptors (Lipinski definition) is 2. The standard InChI is InChI=1S/C13Cl28.H2O3S/c14-1(15,2(16,17)4(20,21)6(24,25)8(28,29)10(32,33)12(36,37)38)3(18,19)5(22,23)7(26,27)9(30,31)11(34,35)13(39,40)41;1-4(2)3/h;(H2,1,2,3)/p-1. The minimum absolute atomic E-state index is 2.78. The van der Waals surface area contributed by atoms with Gasteiger partial charge in [-0.05, 0) is 0 Å². The van der Waals surface area contributed by atoms with Crippen molar-refractivity contribution in [2.24, 2.45) is 0 Å². The van der Waals surface area contributed by atoms with Crippen molar-refractivity contribution in [1.82, 2.24) is 0 Å². The Morgan fingerprint density at radius 3 is 0.422 bits per heavy atom. The summed E-state index contributed by atoms with van der Waals surface area (Å²) in [7, 11) is 0. The first-order valence-corrected chi connectivity index (χ1v) is 20.4. The molecule has 0 aromatic rings. The fraction of sp³-hybridized carbons (Fsp3) is 1.00. The van der Waals surface area contributed by atoms with Crippen molar-refractivity contribution in [2.45, 2.75) is 55.3 Å². The van der Waals surface area contributed by atoms with E-state index in [1.807, 2.05) is 0 Å². The molecule has 274 valence electrons. The van der Waals surface area contributed by atoms with E-state index < -0.39 is 66.6 Å². The van der Waals surface area contributed by atoms with Crippen LogP contribution in [0.1, 0.15) is 0 Å². The molecule has 0 heterocycles. The van der Waals surface area contributed by atoms with Crippen molar-refractivity contribution < 1.29 is 13.3 Å². The third-order valence-corrected chi connectivity index (χ3v) is 23.9. The Hall–Kier alpha value is 8.19. The number of rotatable bonds is 10. The zero-order chi connectivity index (χ0) is 38.1. The van der Waals surface area contributed by atoms with Crippen LogP contribution in [0.2, 0.25) is 0 Å². The molecule has 1 N–H and O–H groups in total. The lowest BCUT2D eigenvalue weighted by molar-refractivity contribution is 0.412. The minimum Gasteiger partial charge on any atom is -0.750 e. The normalized spacial score (nSPS) is 17.1. The summed E-state index contributed by atoms with van der Waals surface area (Å²) >= 11 is 170. The van der Waals surface area contributed by atoms with Crippen LogP contribution in [0.4, 0.5) is 0 Å². The smallest absolute Gasteiger partial charge is 0.226 e. The van der Waals surface area contributed by atoms with Crippen LogP contribution >= 0.6 is 325 Å². The Bertz CT molecular complexity index is 987. The second-order valence-corrected chi connectivity index (χ2v) is 27.1. The number of halogens is 28. The predicted octanol–water partition coefficient (Wildman–Crippen LogP) is 16.0. The maximum atomic E-state index is 8.56. The monoisotopic (exact) mass is 1220 g/mol. The van der Waals surface area contributed by atoms with Gasteiger partial charge in [0.2, 0.25) is 16.3 Å². The van der Waals surface area contributed by atoms with Crippen LogP contribution in [0.5, 0.6) is 0 Å². The largest absolute Gasteiger partial charge is 0.750 e. The van der Waals surface area contributed by atoms with Gasteiger partial charge in [-0.1, -0.05) is 325 Å². The second-order valence-electron chi connectivity index (χ2n) is 7.53. The van der Waals surface area contributed by atoms with Gasteiger partial charge >= 0.3 is 0 Å². The summed E-state index contributed by atoms with van der Waals surface area (Å²) in [6.45, 7) is 0. The quantitative estimate of drug-likeness (QED) is 0.175. The molecule has 32 heteroatoms. The summed E-state index contributed by atoms with van der Waals surface area (Å²) in [6, 6.07) is 0. The maximum Gasteiger partial charge on any atom is 0.226 e. The van der Waals surface area contributed by atoms with Crippen molar-refractivity contribution in [3.05, 3.63) is 0 Å². The van der Waals surface area contributed by atoms with Crippen molar-refractivity contribution >= 4 is 336 Å². The van der Waals surface area contributed by atoms with Crippen molar-refractivity contribution in [3.8, 4) is 0 Å². The second kappa shape index (κ2) is 17.2. The highest BCUT2D eigenvalue weighted by atomic mass is 35.6. The van der Waals surface area contributed by atoms with Gasteiger partial charge in [-0.15, -0.1) is 0 Å². The molecular formula is C13HCl28O3S-. The van der Waals surface area contributed by atoms with E-state index >= 15 is 0 Å². The Morgan fingerprint density at radius 1 is 0.289 bits per heavy atom. The molecule has 0 saturated heterocycles. The molecule has 0 rings (SSSR count). The van der Waals surface area contributed by atoms with Crippen molar-refractivity contribution in [1.29, 1.82) is 0 Å². The highest BCUT2D eigenvalue weighted by Crippen LogP contribution is 2.76. The summed E-state index contributed by atoms with van der Waals surface area (Å²) in [5.74, 6) is 0. The fourth-order valence-corrected chi connectivity index (χ4v) is 11.0. The number of alkyl halides is 28. The van der Waals surface area contributed by atoms with Gasteiger partial charge < -0.3 is 9.11 Å². The Morgan fingerprint density at radius 2 is 0.356 bits per heavy atom. The molecule has 1 atom stereocenters. The van der Waals surface area contributed by atoms with Crippen LogP contribution in [0, 0.1) is 0 Å². The minimum atomic E-state index is -3.44. The third-order valence-electron chi connectivity index (χ3n) is 4.66. The molecule has 0 fully saturated rings. The lowest BCUT2D eigenvalue weighted by atomic mass is 9.98. The lowest BCUT2D eigenvalue weighted by Crippen LogP contribution is -2.74. The molecule has 0 radical (unpaired) electrons. The zero-order valence-electron chi connectivity index (χ0n) is 18.8. The van der Waals surface area contributed by atoms with E-state index in [-0.39, 0.29) is 0 Å². The summed E-state index contributed by atoms with van der Waals surface area (Å²) in [6.07, 6.45) is 0. The van der Waals surface area contributed by atoms with Gasteiger partial charge in [0.25, 0.3) is 0 Å². The molecule has 0 aliphatic rings. The summed E-state index contributed by atoms with van der Waals surface area (Å²) in [4.78, 5) is 0. The molecular weight excluding hydrogens is 1230 g/mol. The summed E-state index contributed by atoms with van der Waals surface area (Å²) in [5, 5.41) is 0. The average Bonchev–Trinajstić information content (AvgIpc) is 2.75. The van der Waals surface area contributed by atoms with Gasteiger partial charge in [-0.25, -0.2) is 4.21 Å². The molecule has 45 heavy (non-hydrogen) atoms. The van der Waals surface area contributed by atoms with Gasteiger partial charge in [0.15, 0.2) is 39.0 Å². The van der Waals surface area contributed by atoms with Gasteiger partial charge in [0.05, 0.1) is 11.4 Å². The molecule has 3 nitrogen and oxygen atoms in total. The van der Waals surface area contributed by atoms with E-state index in [0.717, 1.165) is 0 Å². The van der Waals surface area contributed by atoms with E-state index in [4.69, 9.17) is 338 Å². The first kappa shape index (κ1) is 55.3. The van der Waals surface area contributed by atoms with E-state index in [1.165, 1.54) is 0 Å². The van der Waals surface area contributed by atoms with Crippen LogP contribution in [-0.2, 0) is 11.4 Å². The van der Waals surface area contributed by atoms with Crippen molar-refractivity contribution in [2.75, 3.05) is 0 Å². The van der Waals surface area contributed by atoms with Crippen LogP contribution in [0.3, 0.4) is 0 Å². The first-order valence-electron chi connectivity index (χ1n) is 8.81. The van der Waals surface area contributed by atoms with E-state index in [2.05, 4.69) is 0 Å². The van der Waals surface area contributed by atoms with Crippen LogP contribution in [0.15, 0.2) is 0 Å². The van der Waals surface area contributed by atoms with Crippen LogP contribution in [0.25, 0.3) is 0 Å². The highest BCUT2D eigenvalue weighted by molar-refractivity contribution is 7.73. The molecule has 0 aliphatic heterocycles. The van der Waals surface area contributed by atoms with E-state index in [9.17, 15) is 0 Å². The van der Waals surface area contributed by atoms with E-state index in [0.29, 0.717) is 0 Å². The SMILES string of the molecule is ClC(Cl)(Cl)C(Cl)(Cl)C(Cl)(Cl)C(Cl)(Cl)C(Cl)(Cl)C(Cl)(Cl)C(Cl)(Cl)C(Cl)(Cl)C(Cl)(Cl)C(Cl)(Cl)C(Cl)(Cl)C(Cl)(Cl)C(Cl)(Cl)Cl.O=S([O-])O. The maximum absolute atomic E-state index is 8.56. The topological polar surface area (TPSA) is 60.4 Å². The fourth-order valence-electron chi connectivity index (χ4n) is 2.13. The Balaban J connectivity index is 0. The molecule has 1 unspecified atom stereocenters. The Labute approximate surface area is 398 Å². The first-order chi connectivity index (χ1) is 18.7. The van der Waals surface area contributed by atoms with Gasteiger partial charge in [-0.3, -0.25) is 0 Å². The molecule has 0 saturated carbocycles. The van der Waals surface area contributed by atoms with E-state index in [1.54, 1.807) is 0 Å². The highest BCUT2D eigenvalue weighted by Gasteiger charge is 2.86. The third kappa shape index (κ3) is 9.74. The van der Waals surface area contributed by atoms with Crippen LogP contribution < -0.4 is 0 Å². The molecule has 0 bridgehead atoms. The number of hydrogen-bond donors (Lipinski definition) is 1. The van der Waals surface area contributed by atoms with Gasteiger partial charge in [-0.2, -0.15) is 0 Å². The predicted molar refractivity (Wildman–Crippen MR) is 211 cm³/mol. The molecule has 0 aromatic carbocycles. The molecule has 0 aromatic heterocycles. The summed E-state index contributed by atoms with van der Waals surface area (Å²) in [5.41, 5.74) is 0. The zero-order valence-corrected chi connectivity index (χ0v) is 40.7.